The van der Waals surface area contributed by atoms with Crippen LogP contribution in [-0.4, -0.2) is 4.98 Å². The van der Waals surface area contributed by atoms with E-state index in [9.17, 15) is 0 Å². The third kappa shape index (κ3) is 4.03. The minimum Gasteiger partial charge on any atom is -0.309 e. The van der Waals surface area contributed by atoms with Crippen LogP contribution in [0.25, 0.3) is 11.1 Å². The van der Waals surface area contributed by atoms with Crippen LogP contribution in [0.15, 0.2) is 77.5 Å². The number of benzene rings is 2. The number of aromatic nitrogens is 1. The van der Waals surface area contributed by atoms with Crippen molar-refractivity contribution in [1.29, 1.82) is 0 Å². The van der Waals surface area contributed by atoms with Gasteiger partial charge in [-0.1, -0.05) is 46.3 Å². The SMILES string of the molecule is Brc1cccc(CNCc2cccc(-c3ccncc3)c2)c1. The quantitative estimate of drug-likeness (QED) is 0.713. The first-order chi connectivity index (χ1) is 10.8. The van der Waals surface area contributed by atoms with Crippen LogP contribution in [0.2, 0.25) is 0 Å². The molecule has 3 rings (SSSR count). The maximum atomic E-state index is 4.07. The second-order valence-corrected chi connectivity index (χ2v) is 6.09. The van der Waals surface area contributed by atoms with Gasteiger partial charge in [-0.15, -0.1) is 0 Å². The van der Waals surface area contributed by atoms with Gasteiger partial charge in [0.1, 0.15) is 0 Å². The van der Waals surface area contributed by atoms with Gasteiger partial charge in [-0.2, -0.15) is 0 Å². The summed E-state index contributed by atoms with van der Waals surface area (Å²) in [5.74, 6) is 0. The molecule has 3 heteroatoms. The van der Waals surface area contributed by atoms with E-state index in [4.69, 9.17) is 0 Å². The van der Waals surface area contributed by atoms with Gasteiger partial charge >= 0.3 is 0 Å². The summed E-state index contributed by atoms with van der Waals surface area (Å²) in [6.45, 7) is 1.71. The van der Waals surface area contributed by atoms with Crippen LogP contribution in [-0.2, 0) is 13.1 Å². The summed E-state index contributed by atoms with van der Waals surface area (Å²) in [5, 5.41) is 3.49. The zero-order chi connectivity index (χ0) is 15.2. The molecule has 1 aromatic heterocycles. The lowest BCUT2D eigenvalue weighted by atomic mass is 10.0. The molecule has 0 amide bonds. The van der Waals surface area contributed by atoms with Crippen LogP contribution < -0.4 is 5.32 Å². The van der Waals surface area contributed by atoms with Gasteiger partial charge in [-0.3, -0.25) is 4.98 Å². The third-order valence-electron chi connectivity index (χ3n) is 3.49. The number of hydrogen-bond acceptors (Lipinski definition) is 2. The highest BCUT2D eigenvalue weighted by molar-refractivity contribution is 9.10. The minimum absolute atomic E-state index is 0.853. The first kappa shape index (κ1) is 14.9. The summed E-state index contributed by atoms with van der Waals surface area (Å²) in [6, 6.07) is 21.1. The lowest BCUT2D eigenvalue weighted by Gasteiger charge is -2.08. The van der Waals surface area contributed by atoms with Gasteiger partial charge in [0.25, 0.3) is 0 Å². The average molecular weight is 353 g/mol. The molecule has 110 valence electrons. The molecule has 3 aromatic rings. The van der Waals surface area contributed by atoms with Gasteiger partial charge in [0.05, 0.1) is 0 Å². The summed E-state index contributed by atoms with van der Waals surface area (Å²) < 4.78 is 1.12. The Hall–Kier alpha value is -1.97. The Morgan fingerprint density at radius 3 is 2.18 bits per heavy atom. The largest absolute Gasteiger partial charge is 0.309 e. The zero-order valence-electron chi connectivity index (χ0n) is 12.2. The van der Waals surface area contributed by atoms with Crippen molar-refractivity contribution in [3.63, 3.8) is 0 Å². The monoisotopic (exact) mass is 352 g/mol. The van der Waals surface area contributed by atoms with Crippen molar-refractivity contribution < 1.29 is 0 Å². The molecule has 0 radical (unpaired) electrons. The predicted molar refractivity (Wildman–Crippen MR) is 94.4 cm³/mol. The van der Waals surface area contributed by atoms with Crippen molar-refractivity contribution in [1.82, 2.24) is 10.3 Å². The Morgan fingerprint density at radius 1 is 0.773 bits per heavy atom. The number of hydrogen-bond donors (Lipinski definition) is 1. The molecule has 0 aliphatic heterocycles. The molecule has 0 spiro atoms. The molecule has 2 nitrogen and oxygen atoms in total. The lowest BCUT2D eigenvalue weighted by molar-refractivity contribution is 0.693. The lowest BCUT2D eigenvalue weighted by Crippen LogP contribution is -2.12. The van der Waals surface area contributed by atoms with E-state index in [-0.39, 0.29) is 0 Å². The molecule has 1 heterocycles. The zero-order valence-corrected chi connectivity index (χ0v) is 13.8. The first-order valence-electron chi connectivity index (χ1n) is 7.26. The molecule has 0 saturated carbocycles. The molecule has 0 aliphatic rings. The average Bonchev–Trinajstić information content (AvgIpc) is 2.56. The Labute approximate surface area is 139 Å². The number of pyridine rings is 1. The fourth-order valence-electron chi connectivity index (χ4n) is 2.40. The molecule has 0 atom stereocenters. The highest BCUT2D eigenvalue weighted by Crippen LogP contribution is 2.19. The summed E-state index contributed by atoms with van der Waals surface area (Å²) in [5.41, 5.74) is 4.98. The maximum Gasteiger partial charge on any atom is 0.0273 e. The Morgan fingerprint density at radius 2 is 1.45 bits per heavy atom. The van der Waals surface area contributed by atoms with Gasteiger partial charge in [-0.05, 0) is 52.6 Å². The van der Waals surface area contributed by atoms with Gasteiger partial charge in [-0.25, -0.2) is 0 Å². The molecule has 2 aromatic carbocycles. The van der Waals surface area contributed by atoms with Crippen LogP contribution in [0.5, 0.6) is 0 Å². The molecule has 0 bridgehead atoms. The Balaban J connectivity index is 1.64. The molecule has 0 saturated heterocycles. The van der Waals surface area contributed by atoms with E-state index in [0.717, 1.165) is 17.6 Å². The molecular formula is C19H17BrN2. The van der Waals surface area contributed by atoms with E-state index >= 15 is 0 Å². The number of nitrogens with one attached hydrogen (secondary N) is 1. The molecule has 0 fully saturated rings. The highest BCUT2D eigenvalue weighted by atomic mass is 79.9. The van der Waals surface area contributed by atoms with E-state index in [2.05, 4.69) is 68.7 Å². The van der Waals surface area contributed by atoms with Crippen molar-refractivity contribution in [2.24, 2.45) is 0 Å². The van der Waals surface area contributed by atoms with Gasteiger partial charge in [0.15, 0.2) is 0 Å². The number of nitrogens with zero attached hydrogens (tertiary/aromatic N) is 1. The van der Waals surface area contributed by atoms with Crippen LogP contribution in [0.3, 0.4) is 0 Å². The van der Waals surface area contributed by atoms with E-state index in [1.807, 2.05) is 30.6 Å². The fraction of sp³-hybridized carbons (Fsp3) is 0.105. The summed E-state index contributed by atoms with van der Waals surface area (Å²) in [6.07, 6.45) is 3.65. The maximum absolute atomic E-state index is 4.07. The normalized spacial score (nSPS) is 10.6. The van der Waals surface area contributed by atoms with E-state index in [0.29, 0.717) is 0 Å². The van der Waals surface area contributed by atoms with Crippen molar-refractivity contribution in [2.45, 2.75) is 13.1 Å². The Kier molecular flexibility index (Phi) is 4.99. The van der Waals surface area contributed by atoms with Gasteiger partial charge in [0, 0.05) is 30.0 Å². The highest BCUT2D eigenvalue weighted by Gasteiger charge is 1.99. The predicted octanol–water partition coefficient (Wildman–Crippen LogP) is 4.80. The van der Waals surface area contributed by atoms with Crippen molar-refractivity contribution in [3.05, 3.63) is 88.7 Å². The summed E-state index contributed by atoms with van der Waals surface area (Å²) in [7, 11) is 0. The van der Waals surface area contributed by atoms with Crippen molar-refractivity contribution in [3.8, 4) is 11.1 Å². The van der Waals surface area contributed by atoms with Gasteiger partial charge < -0.3 is 5.32 Å². The van der Waals surface area contributed by atoms with Crippen LogP contribution >= 0.6 is 15.9 Å². The standard InChI is InChI=1S/C19H17BrN2/c20-19-6-2-4-16(12-19)14-22-13-15-3-1-5-18(11-15)17-7-9-21-10-8-17/h1-12,22H,13-14H2. The van der Waals surface area contributed by atoms with Crippen LogP contribution in [0, 0.1) is 0 Å². The number of halogens is 1. The third-order valence-corrected chi connectivity index (χ3v) is 3.98. The molecule has 0 aliphatic carbocycles. The molecular weight excluding hydrogens is 336 g/mol. The first-order valence-corrected chi connectivity index (χ1v) is 8.05. The minimum atomic E-state index is 0.853. The fourth-order valence-corrected chi connectivity index (χ4v) is 2.85. The van der Waals surface area contributed by atoms with E-state index in [1.165, 1.54) is 22.3 Å². The van der Waals surface area contributed by atoms with E-state index in [1.54, 1.807) is 0 Å². The van der Waals surface area contributed by atoms with Crippen LogP contribution in [0.1, 0.15) is 11.1 Å². The topological polar surface area (TPSA) is 24.9 Å². The van der Waals surface area contributed by atoms with E-state index < -0.39 is 0 Å². The van der Waals surface area contributed by atoms with Crippen LogP contribution in [0.4, 0.5) is 0 Å². The van der Waals surface area contributed by atoms with Crippen molar-refractivity contribution in [2.75, 3.05) is 0 Å². The van der Waals surface area contributed by atoms with Crippen molar-refractivity contribution >= 4 is 15.9 Å². The molecule has 22 heavy (non-hydrogen) atoms. The summed E-state index contributed by atoms with van der Waals surface area (Å²) >= 11 is 3.50. The molecule has 0 unspecified atom stereocenters. The smallest absolute Gasteiger partial charge is 0.0273 e. The second-order valence-electron chi connectivity index (χ2n) is 5.17. The van der Waals surface area contributed by atoms with Gasteiger partial charge in [0.2, 0.25) is 0 Å². The molecule has 1 N–H and O–H groups in total. The Bertz CT molecular complexity index is 741. The summed E-state index contributed by atoms with van der Waals surface area (Å²) in [4.78, 5) is 4.07. The second kappa shape index (κ2) is 7.34. The number of rotatable bonds is 5.